The Hall–Kier alpha value is -2.82. The number of nitrogens with zero attached hydrogens (tertiary/aromatic N) is 2. The van der Waals surface area contributed by atoms with Crippen molar-refractivity contribution in [1.82, 2.24) is 10.1 Å². The fourth-order valence-corrected chi connectivity index (χ4v) is 2.09. The Kier molecular flexibility index (Phi) is 3.31. The highest BCUT2D eigenvalue weighted by Gasteiger charge is 2.14. The monoisotopic (exact) mass is 281 g/mol. The van der Waals surface area contributed by atoms with Crippen LogP contribution in [-0.2, 0) is 0 Å². The molecule has 0 radical (unpaired) electrons. The second-order valence-corrected chi connectivity index (χ2v) is 4.69. The van der Waals surface area contributed by atoms with E-state index in [1.54, 1.807) is 7.11 Å². The van der Waals surface area contributed by atoms with Crippen molar-refractivity contribution in [2.24, 2.45) is 0 Å². The van der Waals surface area contributed by atoms with Gasteiger partial charge in [0.05, 0.1) is 12.7 Å². The lowest BCUT2D eigenvalue weighted by Crippen LogP contribution is -1.90. The van der Waals surface area contributed by atoms with Crippen LogP contribution in [0, 0.1) is 6.92 Å². The summed E-state index contributed by atoms with van der Waals surface area (Å²) in [6.45, 7) is 1.94. The van der Waals surface area contributed by atoms with Crippen LogP contribution >= 0.6 is 0 Å². The van der Waals surface area contributed by atoms with Gasteiger partial charge in [0.25, 0.3) is 5.89 Å². The Morgan fingerprint density at radius 1 is 1.14 bits per heavy atom. The predicted molar refractivity (Wildman–Crippen MR) is 80.9 cm³/mol. The van der Waals surface area contributed by atoms with Gasteiger partial charge in [-0.3, -0.25) is 0 Å². The number of anilines is 1. The van der Waals surface area contributed by atoms with Crippen molar-refractivity contribution in [3.63, 3.8) is 0 Å². The van der Waals surface area contributed by atoms with Crippen molar-refractivity contribution in [2.45, 2.75) is 6.92 Å². The molecule has 21 heavy (non-hydrogen) atoms. The van der Waals surface area contributed by atoms with Gasteiger partial charge in [0.1, 0.15) is 5.75 Å². The molecule has 0 fully saturated rings. The highest BCUT2D eigenvalue weighted by atomic mass is 16.5. The lowest BCUT2D eigenvalue weighted by molar-refractivity contribution is 0.413. The molecule has 3 rings (SSSR count). The van der Waals surface area contributed by atoms with Crippen LogP contribution in [0.4, 0.5) is 5.69 Å². The van der Waals surface area contributed by atoms with Crippen molar-refractivity contribution >= 4 is 5.69 Å². The Morgan fingerprint density at radius 2 is 1.95 bits per heavy atom. The van der Waals surface area contributed by atoms with Crippen molar-refractivity contribution in [3.8, 4) is 28.6 Å². The molecule has 0 atom stereocenters. The Balaban J connectivity index is 2.01. The summed E-state index contributed by atoms with van der Waals surface area (Å²) in [5.41, 5.74) is 9.17. The second kappa shape index (κ2) is 5.28. The molecule has 2 aromatic carbocycles. The van der Waals surface area contributed by atoms with Gasteiger partial charge in [-0.15, -0.1) is 0 Å². The largest absolute Gasteiger partial charge is 0.496 e. The van der Waals surface area contributed by atoms with Crippen molar-refractivity contribution in [3.05, 3.63) is 48.0 Å². The van der Waals surface area contributed by atoms with Gasteiger partial charge in [-0.2, -0.15) is 4.98 Å². The average molecular weight is 281 g/mol. The molecule has 0 saturated carbocycles. The van der Waals surface area contributed by atoms with Gasteiger partial charge in [0, 0.05) is 11.3 Å². The van der Waals surface area contributed by atoms with Crippen LogP contribution in [0.2, 0.25) is 0 Å². The summed E-state index contributed by atoms with van der Waals surface area (Å²) in [5, 5.41) is 4.03. The predicted octanol–water partition coefficient (Wildman–Crippen LogP) is 3.30. The van der Waals surface area contributed by atoms with Gasteiger partial charge in [0.2, 0.25) is 5.82 Å². The molecule has 0 aliphatic heterocycles. The molecule has 0 aliphatic rings. The number of hydrogen-bond donors (Lipinski definition) is 1. The number of aryl methyl sites for hydroxylation is 1. The SMILES string of the molecule is COc1ccccc1-c1noc(-c2ccc(N)c(C)c2)n1. The number of nitrogens with two attached hydrogens (primary N) is 1. The van der Waals surface area contributed by atoms with Crippen LogP contribution in [0.3, 0.4) is 0 Å². The van der Waals surface area contributed by atoms with E-state index < -0.39 is 0 Å². The normalized spacial score (nSPS) is 10.6. The molecular weight excluding hydrogens is 266 g/mol. The molecule has 0 saturated heterocycles. The molecule has 3 aromatic rings. The van der Waals surface area contributed by atoms with Crippen LogP contribution in [0.5, 0.6) is 5.75 Å². The molecule has 1 aromatic heterocycles. The number of ether oxygens (including phenoxy) is 1. The van der Waals surface area contributed by atoms with E-state index in [0.717, 1.165) is 22.4 Å². The third kappa shape index (κ3) is 2.45. The van der Waals surface area contributed by atoms with E-state index in [4.69, 9.17) is 15.0 Å². The molecule has 0 unspecified atom stereocenters. The lowest BCUT2D eigenvalue weighted by atomic mass is 10.1. The zero-order valence-electron chi connectivity index (χ0n) is 11.8. The topological polar surface area (TPSA) is 74.2 Å². The number of para-hydroxylation sites is 1. The third-order valence-corrected chi connectivity index (χ3v) is 3.29. The van der Waals surface area contributed by atoms with Crippen molar-refractivity contribution < 1.29 is 9.26 Å². The van der Waals surface area contributed by atoms with Crippen LogP contribution in [0.1, 0.15) is 5.56 Å². The van der Waals surface area contributed by atoms with E-state index in [2.05, 4.69) is 10.1 Å². The molecule has 2 N–H and O–H groups in total. The number of methoxy groups -OCH3 is 1. The highest BCUT2D eigenvalue weighted by Crippen LogP contribution is 2.29. The fraction of sp³-hybridized carbons (Fsp3) is 0.125. The molecule has 1 heterocycles. The minimum atomic E-state index is 0.457. The number of aromatic nitrogens is 2. The first-order valence-electron chi connectivity index (χ1n) is 6.52. The summed E-state index contributed by atoms with van der Waals surface area (Å²) in [6, 6.07) is 13.2. The van der Waals surface area contributed by atoms with Crippen molar-refractivity contribution in [2.75, 3.05) is 12.8 Å². The summed E-state index contributed by atoms with van der Waals surface area (Å²) in [6.07, 6.45) is 0. The minimum Gasteiger partial charge on any atom is -0.496 e. The zero-order valence-corrected chi connectivity index (χ0v) is 11.8. The second-order valence-electron chi connectivity index (χ2n) is 4.69. The first-order chi connectivity index (χ1) is 10.2. The Morgan fingerprint density at radius 3 is 2.71 bits per heavy atom. The molecule has 0 amide bonds. The van der Waals surface area contributed by atoms with Gasteiger partial charge in [-0.25, -0.2) is 0 Å². The first-order valence-corrected chi connectivity index (χ1v) is 6.52. The van der Waals surface area contributed by atoms with Crippen LogP contribution in [-0.4, -0.2) is 17.3 Å². The van der Waals surface area contributed by atoms with Gasteiger partial charge in [0.15, 0.2) is 0 Å². The maximum Gasteiger partial charge on any atom is 0.258 e. The standard InChI is InChI=1S/C16H15N3O2/c1-10-9-11(7-8-13(10)17)16-18-15(19-21-16)12-5-3-4-6-14(12)20-2/h3-9H,17H2,1-2H3. The molecule has 5 heteroatoms. The fourth-order valence-electron chi connectivity index (χ4n) is 2.09. The summed E-state index contributed by atoms with van der Waals surface area (Å²) >= 11 is 0. The van der Waals surface area contributed by atoms with E-state index in [-0.39, 0.29) is 0 Å². The quantitative estimate of drug-likeness (QED) is 0.745. The van der Waals surface area contributed by atoms with E-state index >= 15 is 0 Å². The molecular formula is C16H15N3O2. The lowest BCUT2D eigenvalue weighted by Gasteiger charge is -2.03. The maximum absolute atomic E-state index is 5.82. The van der Waals surface area contributed by atoms with Crippen molar-refractivity contribution in [1.29, 1.82) is 0 Å². The molecule has 106 valence electrons. The van der Waals surface area contributed by atoms with E-state index in [1.807, 2.05) is 49.4 Å². The van der Waals surface area contributed by atoms with Gasteiger partial charge >= 0.3 is 0 Å². The smallest absolute Gasteiger partial charge is 0.258 e. The van der Waals surface area contributed by atoms with Gasteiger partial charge in [-0.1, -0.05) is 17.3 Å². The highest BCUT2D eigenvalue weighted by molar-refractivity contribution is 5.67. The number of nitrogen functional groups attached to an aromatic ring is 1. The molecule has 0 spiro atoms. The molecule has 5 nitrogen and oxygen atoms in total. The Labute approximate surface area is 122 Å². The Bertz CT molecular complexity index is 781. The number of benzene rings is 2. The first kappa shape index (κ1) is 13.2. The van der Waals surface area contributed by atoms with Crippen LogP contribution in [0.25, 0.3) is 22.8 Å². The minimum absolute atomic E-state index is 0.457. The summed E-state index contributed by atoms with van der Waals surface area (Å²) in [4.78, 5) is 4.43. The maximum atomic E-state index is 5.82. The van der Waals surface area contributed by atoms with Gasteiger partial charge < -0.3 is 15.0 Å². The van der Waals surface area contributed by atoms with E-state index in [9.17, 15) is 0 Å². The molecule has 0 aliphatic carbocycles. The number of rotatable bonds is 3. The van der Waals surface area contributed by atoms with E-state index in [1.165, 1.54) is 0 Å². The number of hydrogen-bond acceptors (Lipinski definition) is 5. The zero-order chi connectivity index (χ0) is 14.8. The average Bonchev–Trinajstić information content (AvgIpc) is 2.99. The van der Waals surface area contributed by atoms with Gasteiger partial charge in [-0.05, 0) is 42.8 Å². The van der Waals surface area contributed by atoms with Crippen LogP contribution in [0.15, 0.2) is 47.0 Å². The third-order valence-electron chi connectivity index (χ3n) is 3.29. The summed E-state index contributed by atoms with van der Waals surface area (Å²) < 4.78 is 10.7. The van der Waals surface area contributed by atoms with Crippen LogP contribution < -0.4 is 10.5 Å². The summed E-state index contributed by atoms with van der Waals surface area (Å²) in [7, 11) is 1.61. The summed E-state index contributed by atoms with van der Waals surface area (Å²) in [5.74, 6) is 1.66. The molecule has 0 bridgehead atoms. The van der Waals surface area contributed by atoms with E-state index in [0.29, 0.717) is 17.5 Å².